The fraction of sp³-hybridized carbons (Fsp3) is 0.311. The summed E-state index contributed by atoms with van der Waals surface area (Å²) in [6.07, 6.45) is 15.4. The minimum atomic E-state index is -0.132. The smallest absolute Gasteiger partial charge is 0.0505 e. The first-order valence-corrected chi connectivity index (χ1v) is 24.3. The lowest BCUT2D eigenvalue weighted by Gasteiger charge is -2.45. The molecule has 0 aromatic heterocycles. The second kappa shape index (κ2) is 15.4. The van der Waals surface area contributed by atoms with Crippen LogP contribution in [0.25, 0.3) is 11.1 Å². The van der Waals surface area contributed by atoms with E-state index in [1.165, 1.54) is 126 Å². The minimum absolute atomic E-state index is 0.0911. The van der Waals surface area contributed by atoms with Crippen molar-refractivity contribution in [1.29, 1.82) is 0 Å². The van der Waals surface area contributed by atoms with Gasteiger partial charge in [-0.1, -0.05) is 156 Å². The Kier molecular flexibility index (Phi) is 9.51. The van der Waals surface area contributed by atoms with Gasteiger partial charge in [-0.2, -0.15) is 0 Å². The molecule has 314 valence electrons. The molecule has 0 bridgehead atoms. The lowest BCUT2D eigenvalue weighted by molar-refractivity contribution is 0.205. The number of anilines is 6. The number of fused-ring (bicyclic) bond motifs is 5. The van der Waals surface area contributed by atoms with Crippen LogP contribution in [0.1, 0.15) is 123 Å². The third kappa shape index (κ3) is 6.11. The van der Waals surface area contributed by atoms with Crippen molar-refractivity contribution in [1.82, 2.24) is 0 Å². The minimum Gasteiger partial charge on any atom is -0.310 e. The maximum atomic E-state index is 2.64. The van der Waals surface area contributed by atoms with Crippen LogP contribution in [-0.4, -0.2) is 0 Å². The van der Waals surface area contributed by atoms with Gasteiger partial charge in [0.1, 0.15) is 0 Å². The van der Waals surface area contributed by atoms with Gasteiger partial charge < -0.3 is 9.80 Å². The highest BCUT2D eigenvalue weighted by Gasteiger charge is 2.59. The van der Waals surface area contributed by atoms with E-state index in [-0.39, 0.29) is 10.8 Å². The van der Waals surface area contributed by atoms with E-state index in [1.54, 1.807) is 22.3 Å². The molecule has 0 radical (unpaired) electrons. The Morgan fingerprint density at radius 3 is 1.51 bits per heavy atom. The van der Waals surface area contributed by atoms with E-state index < -0.39 is 0 Å². The Labute approximate surface area is 375 Å². The van der Waals surface area contributed by atoms with Gasteiger partial charge in [0.15, 0.2) is 0 Å². The highest BCUT2D eigenvalue weighted by atomic mass is 15.2. The molecule has 2 fully saturated rings. The molecule has 0 N–H and O–H groups in total. The fourth-order valence-corrected chi connectivity index (χ4v) is 13.8. The summed E-state index contributed by atoms with van der Waals surface area (Å²) in [6.45, 7) is 4.83. The molecule has 7 aromatic rings. The molecule has 2 nitrogen and oxygen atoms in total. The zero-order chi connectivity index (χ0) is 42.1. The Balaban J connectivity index is 1.08. The summed E-state index contributed by atoms with van der Waals surface area (Å²) in [5, 5.41) is 0. The van der Waals surface area contributed by atoms with Gasteiger partial charge in [0, 0.05) is 33.6 Å². The van der Waals surface area contributed by atoms with Crippen LogP contribution in [0.3, 0.4) is 0 Å². The van der Waals surface area contributed by atoms with Gasteiger partial charge in [-0.15, -0.1) is 0 Å². The van der Waals surface area contributed by atoms with Crippen LogP contribution in [-0.2, 0) is 23.7 Å². The van der Waals surface area contributed by atoms with Crippen molar-refractivity contribution < 1.29 is 0 Å². The van der Waals surface area contributed by atoms with Crippen LogP contribution >= 0.6 is 0 Å². The summed E-state index contributed by atoms with van der Waals surface area (Å²) in [7, 11) is 0. The molecule has 7 aromatic carbocycles. The molecule has 5 aliphatic carbocycles. The maximum absolute atomic E-state index is 2.64. The van der Waals surface area contributed by atoms with Gasteiger partial charge >= 0.3 is 0 Å². The monoisotopic (exact) mass is 820 g/mol. The average molecular weight is 821 g/mol. The fourth-order valence-electron chi connectivity index (χ4n) is 13.8. The standard InChI is InChI=1S/C61H60N2/c1-60(2)54-30-16-15-29-52(54)53-38-37-51(41-55(53)60)63(49-27-13-6-14-28-49)57-32-18-22-45-40-47-24-10-4-9-23-46-39-44-21-17-31-56(58(44)61(46,47)59(45)57)62(48-25-11-5-12-26-48)50-35-33-43(34-36-50)42-19-7-3-8-20-42/h5-6,11-18,21-22,25-38,41-42,46-47H,3-4,7-10,19-20,23-24,39-40H2,1-2H3. The van der Waals surface area contributed by atoms with E-state index >= 15 is 0 Å². The molecule has 0 aliphatic heterocycles. The number of rotatable bonds is 7. The van der Waals surface area contributed by atoms with Gasteiger partial charge in [-0.3, -0.25) is 0 Å². The van der Waals surface area contributed by atoms with Crippen molar-refractivity contribution >= 4 is 34.1 Å². The molecule has 2 saturated carbocycles. The third-order valence-electron chi connectivity index (χ3n) is 16.5. The van der Waals surface area contributed by atoms with Crippen molar-refractivity contribution in [3.8, 4) is 11.1 Å². The zero-order valence-corrected chi connectivity index (χ0v) is 37.2. The second-order valence-corrected chi connectivity index (χ2v) is 20.1. The maximum Gasteiger partial charge on any atom is 0.0505 e. The molecule has 63 heavy (non-hydrogen) atoms. The summed E-state index contributed by atoms with van der Waals surface area (Å²) in [6, 6.07) is 63.4. The molecule has 0 heterocycles. The van der Waals surface area contributed by atoms with Crippen molar-refractivity contribution in [3.63, 3.8) is 0 Å². The van der Waals surface area contributed by atoms with Crippen molar-refractivity contribution in [2.24, 2.45) is 11.8 Å². The van der Waals surface area contributed by atoms with E-state index in [4.69, 9.17) is 0 Å². The summed E-state index contributed by atoms with van der Waals surface area (Å²) >= 11 is 0. The molecule has 1 spiro atoms. The number of para-hydroxylation sites is 2. The first-order valence-electron chi connectivity index (χ1n) is 24.3. The summed E-state index contributed by atoms with van der Waals surface area (Å²) in [4.78, 5) is 5.27. The van der Waals surface area contributed by atoms with Crippen LogP contribution in [0.4, 0.5) is 34.1 Å². The molecule has 0 saturated heterocycles. The average Bonchev–Trinajstić information content (AvgIpc) is 3.91. The van der Waals surface area contributed by atoms with Crippen molar-refractivity contribution in [2.75, 3.05) is 9.80 Å². The van der Waals surface area contributed by atoms with Crippen LogP contribution < -0.4 is 9.80 Å². The highest BCUT2D eigenvalue weighted by molar-refractivity contribution is 5.89. The summed E-state index contributed by atoms with van der Waals surface area (Å²) in [5.74, 6) is 1.74. The van der Waals surface area contributed by atoms with Gasteiger partial charge in [0.05, 0.1) is 11.4 Å². The Morgan fingerprint density at radius 2 is 0.905 bits per heavy atom. The zero-order valence-electron chi connectivity index (χ0n) is 37.2. The topological polar surface area (TPSA) is 6.48 Å². The second-order valence-electron chi connectivity index (χ2n) is 20.1. The number of hydrogen-bond acceptors (Lipinski definition) is 2. The SMILES string of the molecule is CC1(C)c2ccccc2-c2ccc(N(c3ccccc3)c3cccc4c3C35c6c(cccc6N(c6ccccc6)c6ccc(C7CCCCC7)cc6)CC3CCCCCC5C4)cc21. The quantitative estimate of drug-likeness (QED) is 0.158. The van der Waals surface area contributed by atoms with Gasteiger partial charge in [0.25, 0.3) is 0 Å². The Bertz CT molecular complexity index is 2790. The molecule has 3 unspecified atom stereocenters. The number of hydrogen-bond donors (Lipinski definition) is 0. The lowest BCUT2D eigenvalue weighted by Crippen LogP contribution is -2.40. The van der Waals surface area contributed by atoms with Crippen molar-refractivity contribution in [3.05, 3.63) is 203 Å². The van der Waals surface area contributed by atoms with Gasteiger partial charge in [-0.05, 0) is 167 Å². The molecule has 2 heteroatoms. The van der Waals surface area contributed by atoms with Gasteiger partial charge in [0.2, 0.25) is 0 Å². The molecule has 0 amide bonds. The van der Waals surface area contributed by atoms with E-state index in [0.29, 0.717) is 17.8 Å². The van der Waals surface area contributed by atoms with Gasteiger partial charge in [-0.25, -0.2) is 0 Å². The van der Waals surface area contributed by atoms with E-state index in [1.807, 2.05) is 0 Å². The van der Waals surface area contributed by atoms with E-state index in [9.17, 15) is 0 Å². The van der Waals surface area contributed by atoms with Crippen molar-refractivity contribution in [2.45, 2.75) is 108 Å². The molecule has 3 atom stereocenters. The Hall–Kier alpha value is -5.86. The Morgan fingerprint density at radius 1 is 0.413 bits per heavy atom. The predicted molar refractivity (Wildman–Crippen MR) is 264 cm³/mol. The lowest BCUT2D eigenvalue weighted by atomic mass is 9.60. The summed E-state index contributed by atoms with van der Waals surface area (Å²) < 4.78 is 0. The van der Waals surface area contributed by atoms with E-state index in [2.05, 4.69) is 187 Å². The molecular weight excluding hydrogens is 761 g/mol. The highest BCUT2D eigenvalue weighted by Crippen LogP contribution is 2.66. The van der Waals surface area contributed by atoms with Crippen LogP contribution in [0.5, 0.6) is 0 Å². The molecule has 12 rings (SSSR count). The van der Waals surface area contributed by atoms with Crippen LogP contribution in [0, 0.1) is 11.8 Å². The first-order chi connectivity index (χ1) is 31.0. The first kappa shape index (κ1) is 38.8. The summed E-state index contributed by atoms with van der Waals surface area (Å²) in [5.41, 5.74) is 20.8. The van der Waals surface area contributed by atoms with Crippen LogP contribution in [0.2, 0.25) is 0 Å². The molecular formula is C61H60N2. The normalized spacial score (nSPS) is 21.8. The van der Waals surface area contributed by atoms with E-state index in [0.717, 1.165) is 12.8 Å². The third-order valence-corrected chi connectivity index (χ3v) is 16.5. The largest absolute Gasteiger partial charge is 0.310 e. The predicted octanol–water partition coefficient (Wildman–Crippen LogP) is 16.6. The molecule has 5 aliphatic rings. The number of benzene rings is 7. The number of nitrogens with zero attached hydrogens (tertiary/aromatic N) is 2. The van der Waals surface area contributed by atoms with Crippen LogP contribution in [0.15, 0.2) is 164 Å².